The van der Waals surface area contributed by atoms with E-state index in [9.17, 15) is 4.79 Å². The number of ether oxygens (including phenoxy) is 2. The van der Waals surface area contributed by atoms with Crippen LogP contribution in [0.15, 0.2) is 121 Å². The molecular weight excluding hydrogens is 484 g/mol. The zero-order chi connectivity index (χ0) is 26.9. The zero-order valence-corrected chi connectivity index (χ0v) is 22.4. The Morgan fingerprint density at radius 2 is 1.18 bits per heavy atom. The first kappa shape index (κ1) is 26.8. The second-order valence-corrected chi connectivity index (χ2v) is 9.92. The number of rotatable bonds is 10. The number of carbonyl (C=O) groups is 1. The Hall–Kier alpha value is -3.77. The summed E-state index contributed by atoms with van der Waals surface area (Å²) in [6, 6.07) is 41.5. The molecule has 1 atom stereocenters. The largest absolute Gasteiger partial charge is 0.383 e. The number of nitrogens with zero attached hydrogens (tertiary/aromatic N) is 2. The molecule has 0 spiro atoms. The van der Waals surface area contributed by atoms with Gasteiger partial charge in [-0.05, 0) is 22.3 Å². The van der Waals surface area contributed by atoms with Gasteiger partial charge in [-0.25, -0.2) is 0 Å². The summed E-state index contributed by atoms with van der Waals surface area (Å²) >= 11 is 0. The number of amides is 1. The normalized spacial score (nSPS) is 16.1. The van der Waals surface area contributed by atoms with Gasteiger partial charge in [0.05, 0.1) is 18.7 Å². The number of benzene rings is 4. The summed E-state index contributed by atoms with van der Waals surface area (Å²) in [6.07, 6.45) is -0.298. The van der Waals surface area contributed by atoms with Crippen molar-refractivity contribution in [1.82, 2.24) is 9.80 Å². The number of hydrogen-bond acceptors (Lipinski definition) is 4. The van der Waals surface area contributed by atoms with Crippen molar-refractivity contribution >= 4 is 5.91 Å². The number of hydrogen-bond donors (Lipinski definition) is 0. The van der Waals surface area contributed by atoms with Crippen molar-refractivity contribution < 1.29 is 14.3 Å². The van der Waals surface area contributed by atoms with Crippen molar-refractivity contribution in [2.45, 2.75) is 18.2 Å². The molecule has 5 nitrogen and oxygen atoms in total. The Morgan fingerprint density at radius 3 is 1.64 bits per heavy atom. The second kappa shape index (κ2) is 13.3. The minimum atomic E-state index is -0.298. The van der Waals surface area contributed by atoms with Crippen LogP contribution in [0, 0.1) is 0 Å². The third-order valence-electron chi connectivity index (χ3n) is 7.38. The summed E-state index contributed by atoms with van der Waals surface area (Å²) in [7, 11) is 1.73. The predicted octanol–water partition coefficient (Wildman–Crippen LogP) is 5.74. The summed E-state index contributed by atoms with van der Waals surface area (Å²) < 4.78 is 12.0. The van der Waals surface area contributed by atoms with Crippen molar-refractivity contribution in [2.24, 2.45) is 0 Å². The molecule has 1 unspecified atom stereocenters. The standard InChI is InChI=1S/C34H36N2O3/c1-38-25-31-24-35(22-23-36(31)33(27-14-6-2-7-15-27)28-16-8-3-9-17-28)32(37)26-39-34(29-18-10-4-11-19-29)30-20-12-5-13-21-30/h2-21,31,33-34H,22-26H2,1H3. The molecule has 4 aromatic carbocycles. The lowest BCUT2D eigenvalue weighted by atomic mass is 9.94. The molecule has 0 radical (unpaired) electrons. The lowest BCUT2D eigenvalue weighted by Gasteiger charge is -2.45. The minimum Gasteiger partial charge on any atom is -0.383 e. The summed E-state index contributed by atoms with van der Waals surface area (Å²) in [6.45, 7) is 2.54. The maximum Gasteiger partial charge on any atom is 0.248 e. The Labute approximate surface area is 231 Å². The van der Waals surface area contributed by atoms with Crippen LogP contribution in [0.4, 0.5) is 0 Å². The topological polar surface area (TPSA) is 42.0 Å². The first-order valence-corrected chi connectivity index (χ1v) is 13.6. The first-order valence-electron chi connectivity index (χ1n) is 13.6. The molecule has 4 aromatic rings. The van der Waals surface area contributed by atoms with Crippen LogP contribution >= 0.6 is 0 Å². The fraction of sp³-hybridized carbons (Fsp3) is 0.265. The third kappa shape index (κ3) is 6.63. The first-order chi connectivity index (χ1) is 19.2. The van der Waals surface area contributed by atoms with E-state index in [1.807, 2.05) is 77.7 Å². The highest BCUT2D eigenvalue weighted by molar-refractivity contribution is 5.77. The van der Waals surface area contributed by atoms with Crippen molar-refractivity contribution in [2.75, 3.05) is 40.0 Å². The highest BCUT2D eigenvalue weighted by Gasteiger charge is 2.35. The van der Waals surface area contributed by atoms with E-state index < -0.39 is 0 Å². The van der Waals surface area contributed by atoms with Gasteiger partial charge in [-0.3, -0.25) is 9.69 Å². The molecule has 0 aromatic heterocycles. The van der Waals surface area contributed by atoms with Crippen LogP contribution in [-0.2, 0) is 14.3 Å². The van der Waals surface area contributed by atoms with Gasteiger partial charge in [0.25, 0.3) is 0 Å². The molecule has 1 fully saturated rings. The van der Waals surface area contributed by atoms with Gasteiger partial charge in [-0.2, -0.15) is 0 Å². The Bertz CT molecular complexity index is 1210. The van der Waals surface area contributed by atoms with Crippen LogP contribution in [0.3, 0.4) is 0 Å². The zero-order valence-electron chi connectivity index (χ0n) is 22.4. The average molecular weight is 521 g/mol. The van der Waals surface area contributed by atoms with E-state index >= 15 is 0 Å². The molecule has 1 heterocycles. The maximum absolute atomic E-state index is 13.5. The smallest absolute Gasteiger partial charge is 0.248 e. The number of carbonyl (C=O) groups excluding carboxylic acids is 1. The fourth-order valence-electron chi connectivity index (χ4n) is 5.51. The molecule has 1 amide bonds. The van der Waals surface area contributed by atoms with Gasteiger partial charge in [0.2, 0.25) is 5.91 Å². The van der Waals surface area contributed by atoms with E-state index in [1.165, 1.54) is 11.1 Å². The molecule has 0 bridgehead atoms. The maximum atomic E-state index is 13.5. The molecular formula is C34H36N2O3. The molecule has 5 heteroatoms. The van der Waals surface area contributed by atoms with E-state index in [-0.39, 0.29) is 30.7 Å². The quantitative estimate of drug-likeness (QED) is 0.267. The van der Waals surface area contributed by atoms with E-state index in [4.69, 9.17) is 9.47 Å². The molecule has 1 saturated heterocycles. The number of methoxy groups -OCH3 is 1. The summed E-state index contributed by atoms with van der Waals surface area (Å²) in [5.74, 6) is 0.00332. The van der Waals surface area contributed by atoms with Gasteiger partial charge in [0.1, 0.15) is 12.7 Å². The average Bonchev–Trinajstić information content (AvgIpc) is 3.00. The highest BCUT2D eigenvalue weighted by atomic mass is 16.5. The summed E-state index contributed by atoms with van der Waals surface area (Å²) in [4.78, 5) is 17.9. The van der Waals surface area contributed by atoms with Gasteiger partial charge in [0.15, 0.2) is 0 Å². The van der Waals surface area contributed by atoms with Crippen molar-refractivity contribution in [1.29, 1.82) is 0 Å². The van der Waals surface area contributed by atoms with E-state index in [2.05, 4.69) is 53.4 Å². The van der Waals surface area contributed by atoms with Crippen LogP contribution in [0.1, 0.15) is 34.4 Å². The minimum absolute atomic E-state index is 0.00332. The Kier molecular flexibility index (Phi) is 9.17. The molecule has 200 valence electrons. The second-order valence-electron chi connectivity index (χ2n) is 9.92. The van der Waals surface area contributed by atoms with Gasteiger partial charge in [-0.1, -0.05) is 121 Å². The lowest BCUT2D eigenvalue weighted by Crippen LogP contribution is -2.57. The SMILES string of the molecule is COCC1CN(C(=O)COC(c2ccccc2)c2ccccc2)CCN1C(c1ccccc1)c1ccccc1. The molecule has 39 heavy (non-hydrogen) atoms. The Balaban J connectivity index is 1.31. The summed E-state index contributed by atoms with van der Waals surface area (Å²) in [5, 5.41) is 0. The van der Waals surface area contributed by atoms with Crippen LogP contribution in [0.2, 0.25) is 0 Å². The van der Waals surface area contributed by atoms with Gasteiger partial charge < -0.3 is 14.4 Å². The van der Waals surface area contributed by atoms with Gasteiger partial charge in [-0.15, -0.1) is 0 Å². The fourth-order valence-corrected chi connectivity index (χ4v) is 5.51. The number of piperazine rings is 1. The molecule has 5 rings (SSSR count). The lowest BCUT2D eigenvalue weighted by molar-refractivity contribution is -0.141. The molecule has 1 aliphatic heterocycles. The van der Waals surface area contributed by atoms with Crippen molar-refractivity contribution in [3.63, 3.8) is 0 Å². The molecule has 0 saturated carbocycles. The molecule has 0 N–H and O–H groups in total. The summed E-state index contributed by atoms with van der Waals surface area (Å²) in [5.41, 5.74) is 4.54. The molecule has 1 aliphatic rings. The van der Waals surface area contributed by atoms with E-state index in [1.54, 1.807) is 7.11 Å². The predicted molar refractivity (Wildman–Crippen MR) is 154 cm³/mol. The van der Waals surface area contributed by atoms with E-state index in [0.717, 1.165) is 17.7 Å². The van der Waals surface area contributed by atoms with Gasteiger partial charge in [0, 0.05) is 26.7 Å². The van der Waals surface area contributed by atoms with Crippen molar-refractivity contribution in [3.8, 4) is 0 Å². The highest BCUT2D eigenvalue weighted by Crippen LogP contribution is 2.32. The van der Waals surface area contributed by atoms with E-state index in [0.29, 0.717) is 19.7 Å². The third-order valence-corrected chi connectivity index (χ3v) is 7.38. The monoisotopic (exact) mass is 520 g/mol. The van der Waals surface area contributed by atoms with Crippen LogP contribution in [0.25, 0.3) is 0 Å². The van der Waals surface area contributed by atoms with Crippen LogP contribution in [0.5, 0.6) is 0 Å². The van der Waals surface area contributed by atoms with Crippen LogP contribution in [-0.4, -0.2) is 61.7 Å². The Morgan fingerprint density at radius 1 is 0.718 bits per heavy atom. The van der Waals surface area contributed by atoms with Gasteiger partial charge >= 0.3 is 0 Å². The molecule has 0 aliphatic carbocycles. The van der Waals surface area contributed by atoms with Crippen molar-refractivity contribution in [3.05, 3.63) is 144 Å². The van der Waals surface area contributed by atoms with Crippen LogP contribution < -0.4 is 0 Å².